The molecule has 0 aromatic heterocycles. The first-order chi connectivity index (χ1) is 6.68. The smallest absolute Gasteiger partial charge is 0.405 e. The number of rotatable bonds is 2. The zero-order valence-electron chi connectivity index (χ0n) is 8.42. The molecule has 0 bridgehead atoms. The lowest BCUT2D eigenvalue weighted by atomic mass is 10.3. The molecule has 0 spiro atoms. The van der Waals surface area contributed by atoms with Crippen molar-refractivity contribution in [2.45, 2.75) is 25.8 Å². The highest BCUT2D eigenvalue weighted by Crippen LogP contribution is 2.05. The minimum Gasteiger partial charge on any atom is -0.465 e. The van der Waals surface area contributed by atoms with E-state index in [0.29, 0.717) is 0 Å². The van der Waals surface area contributed by atoms with Gasteiger partial charge in [-0.05, 0) is 32.9 Å². The molecule has 1 amide bonds. The van der Waals surface area contributed by atoms with Crippen LogP contribution in [0.15, 0.2) is 0 Å². The van der Waals surface area contributed by atoms with Crippen molar-refractivity contribution in [2.24, 2.45) is 0 Å². The molecule has 0 aromatic rings. The summed E-state index contributed by atoms with van der Waals surface area (Å²) in [5, 5.41) is 10.7. The van der Waals surface area contributed by atoms with E-state index in [4.69, 9.17) is 5.11 Å². The predicted octanol–water partition coefficient (Wildman–Crippen LogP) is 0.742. The summed E-state index contributed by atoms with van der Waals surface area (Å²) in [4.78, 5) is 12.5. The average molecular weight is 196 g/mol. The third kappa shape index (κ3) is 4.15. The summed E-state index contributed by atoms with van der Waals surface area (Å²) in [5.41, 5.74) is 0. The highest BCUT2D eigenvalue weighted by molar-refractivity contribution is 5.65. The quantitative estimate of drug-likeness (QED) is 0.640. The van der Waals surface area contributed by atoms with E-state index in [0.717, 1.165) is 19.6 Å². The molecule has 78 valence electrons. The lowest BCUT2D eigenvalue weighted by Crippen LogP contribution is -2.30. The molecule has 4 heteroatoms. The Morgan fingerprint density at radius 3 is 2.79 bits per heavy atom. The fourth-order valence-corrected chi connectivity index (χ4v) is 1.47. The Balaban J connectivity index is 2.21. The zero-order valence-corrected chi connectivity index (χ0v) is 8.42. The zero-order chi connectivity index (χ0) is 10.4. The molecule has 1 heterocycles. The monoisotopic (exact) mass is 196 g/mol. The molecule has 1 saturated heterocycles. The molecule has 1 aliphatic rings. The molecule has 14 heavy (non-hydrogen) atoms. The van der Waals surface area contributed by atoms with Crippen LogP contribution in [0.5, 0.6) is 0 Å². The summed E-state index contributed by atoms with van der Waals surface area (Å²) in [6, 6.07) is -0.282. The topological polar surface area (TPSA) is 52.6 Å². The fourth-order valence-electron chi connectivity index (χ4n) is 1.47. The highest BCUT2D eigenvalue weighted by Gasteiger charge is 2.08. The molecule has 4 nitrogen and oxygen atoms in total. The summed E-state index contributed by atoms with van der Waals surface area (Å²) in [7, 11) is 0. The number of amides is 1. The Kier molecular flexibility index (Phi) is 4.27. The van der Waals surface area contributed by atoms with Crippen LogP contribution in [0.1, 0.15) is 19.8 Å². The Hall–Kier alpha value is -1.21. The molecule has 1 rings (SSSR count). The molecule has 0 aliphatic carbocycles. The van der Waals surface area contributed by atoms with Crippen LogP contribution >= 0.6 is 0 Å². The van der Waals surface area contributed by atoms with Crippen LogP contribution in [-0.4, -0.2) is 41.8 Å². The lowest BCUT2D eigenvalue weighted by Gasteiger charge is -2.09. The van der Waals surface area contributed by atoms with Crippen LogP contribution in [0, 0.1) is 11.8 Å². The van der Waals surface area contributed by atoms with Gasteiger partial charge in [0.1, 0.15) is 0 Å². The summed E-state index contributed by atoms with van der Waals surface area (Å²) >= 11 is 0. The van der Waals surface area contributed by atoms with Crippen LogP contribution < -0.4 is 5.32 Å². The maximum absolute atomic E-state index is 10.2. The molecule has 0 saturated carbocycles. The van der Waals surface area contributed by atoms with Crippen LogP contribution in [0.3, 0.4) is 0 Å². The Labute approximate surface area is 84.3 Å². The van der Waals surface area contributed by atoms with Crippen molar-refractivity contribution >= 4 is 6.09 Å². The van der Waals surface area contributed by atoms with Gasteiger partial charge in [-0.25, -0.2) is 4.79 Å². The molecular formula is C10H16N2O2. The van der Waals surface area contributed by atoms with Gasteiger partial charge in [0, 0.05) is 0 Å². The van der Waals surface area contributed by atoms with Crippen molar-refractivity contribution in [2.75, 3.05) is 19.6 Å². The molecule has 0 radical (unpaired) electrons. The van der Waals surface area contributed by atoms with Gasteiger partial charge in [-0.2, -0.15) is 0 Å². The molecular weight excluding hydrogens is 180 g/mol. The fraction of sp³-hybridized carbons (Fsp3) is 0.700. The Morgan fingerprint density at radius 1 is 1.57 bits per heavy atom. The van der Waals surface area contributed by atoms with E-state index < -0.39 is 6.09 Å². The number of nitrogens with zero attached hydrogens (tertiary/aromatic N) is 1. The van der Waals surface area contributed by atoms with Gasteiger partial charge in [0.15, 0.2) is 0 Å². The number of hydrogen-bond acceptors (Lipinski definition) is 2. The van der Waals surface area contributed by atoms with Crippen molar-refractivity contribution in [3.63, 3.8) is 0 Å². The van der Waals surface area contributed by atoms with Crippen LogP contribution in [0.25, 0.3) is 0 Å². The summed E-state index contributed by atoms with van der Waals surface area (Å²) in [6.07, 6.45) is 1.49. The van der Waals surface area contributed by atoms with E-state index in [1.165, 1.54) is 12.8 Å². The second-order valence-electron chi connectivity index (χ2n) is 3.48. The standard InChI is InChI=1S/C10H16N2O2/c1-9(11-10(13)14)5-4-8-12-6-2-3-7-12/h9,11H,2-3,6-8H2,1H3,(H,13,14). The van der Waals surface area contributed by atoms with Gasteiger partial charge >= 0.3 is 6.09 Å². The lowest BCUT2D eigenvalue weighted by molar-refractivity contribution is 0.193. The maximum Gasteiger partial charge on any atom is 0.405 e. The molecule has 1 aliphatic heterocycles. The predicted molar refractivity (Wildman–Crippen MR) is 54.1 cm³/mol. The molecule has 2 N–H and O–H groups in total. The Morgan fingerprint density at radius 2 is 2.21 bits per heavy atom. The summed E-state index contributed by atoms with van der Waals surface area (Å²) < 4.78 is 0. The Bertz CT molecular complexity index is 249. The molecule has 1 atom stereocenters. The van der Waals surface area contributed by atoms with Crippen molar-refractivity contribution < 1.29 is 9.90 Å². The van der Waals surface area contributed by atoms with Gasteiger partial charge in [-0.15, -0.1) is 0 Å². The second kappa shape index (κ2) is 5.51. The number of hydrogen-bond donors (Lipinski definition) is 2. The third-order valence-corrected chi connectivity index (χ3v) is 2.16. The van der Waals surface area contributed by atoms with Crippen molar-refractivity contribution in [1.82, 2.24) is 10.2 Å². The third-order valence-electron chi connectivity index (χ3n) is 2.16. The first kappa shape index (κ1) is 10.9. The minimum absolute atomic E-state index is 0.282. The van der Waals surface area contributed by atoms with Crippen LogP contribution in [-0.2, 0) is 0 Å². The van der Waals surface area contributed by atoms with Crippen molar-refractivity contribution in [3.8, 4) is 11.8 Å². The number of carboxylic acid groups (broad SMARTS) is 1. The number of carbonyl (C=O) groups is 1. The van der Waals surface area contributed by atoms with E-state index >= 15 is 0 Å². The highest BCUT2D eigenvalue weighted by atomic mass is 16.4. The summed E-state index contributed by atoms with van der Waals surface area (Å²) in [6.45, 7) is 4.74. The van der Waals surface area contributed by atoms with Crippen molar-refractivity contribution in [1.29, 1.82) is 0 Å². The van der Waals surface area contributed by atoms with Gasteiger partial charge in [0.05, 0.1) is 12.6 Å². The van der Waals surface area contributed by atoms with E-state index in [9.17, 15) is 4.79 Å². The largest absolute Gasteiger partial charge is 0.465 e. The van der Waals surface area contributed by atoms with Gasteiger partial charge in [0.2, 0.25) is 0 Å². The average Bonchev–Trinajstić information content (AvgIpc) is 2.55. The van der Waals surface area contributed by atoms with Crippen LogP contribution in [0.4, 0.5) is 4.79 Å². The normalized spacial score (nSPS) is 18.4. The van der Waals surface area contributed by atoms with Gasteiger partial charge < -0.3 is 10.4 Å². The molecule has 1 unspecified atom stereocenters. The van der Waals surface area contributed by atoms with E-state index in [1.807, 2.05) is 0 Å². The first-order valence-electron chi connectivity index (χ1n) is 4.88. The van der Waals surface area contributed by atoms with Crippen molar-refractivity contribution in [3.05, 3.63) is 0 Å². The van der Waals surface area contributed by atoms with Crippen LogP contribution in [0.2, 0.25) is 0 Å². The first-order valence-corrected chi connectivity index (χ1v) is 4.88. The van der Waals surface area contributed by atoms with E-state index in [-0.39, 0.29) is 6.04 Å². The molecule has 1 fully saturated rings. The van der Waals surface area contributed by atoms with Gasteiger partial charge in [0.25, 0.3) is 0 Å². The molecule has 0 aromatic carbocycles. The number of nitrogens with one attached hydrogen (secondary N) is 1. The second-order valence-corrected chi connectivity index (χ2v) is 3.48. The van der Waals surface area contributed by atoms with E-state index in [1.54, 1.807) is 6.92 Å². The minimum atomic E-state index is -1.02. The maximum atomic E-state index is 10.2. The summed E-state index contributed by atoms with van der Waals surface area (Å²) in [5.74, 6) is 5.84. The van der Waals surface area contributed by atoms with Gasteiger partial charge in [-0.3, -0.25) is 4.90 Å². The van der Waals surface area contributed by atoms with E-state index in [2.05, 4.69) is 22.1 Å². The van der Waals surface area contributed by atoms with Gasteiger partial charge in [-0.1, -0.05) is 11.8 Å². The number of likely N-dealkylation sites (tertiary alicyclic amines) is 1. The SMILES string of the molecule is CC(C#CCN1CCCC1)NC(=O)O.